The van der Waals surface area contributed by atoms with Crippen LogP contribution in [0.25, 0.3) is 0 Å². The van der Waals surface area contributed by atoms with Crippen molar-refractivity contribution < 1.29 is 9.13 Å². The summed E-state index contributed by atoms with van der Waals surface area (Å²) in [6, 6.07) is 4.73. The molecule has 3 heteroatoms. The highest BCUT2D eigenvalue weighted by Crippen LogP contribution is 2.29. The third-order valence-electron chi connectivity index (χ3n) is 3.69. The van der Waals surface area contributed by atoms with Gasteiger partial charge >= 0.3 is 0 Å². The van der Waals surface area contributed by atoms with E-state index in [1.807, 2.05) is 0 Å². The number of ether oxygens (including phenoxy) is 1. The van der Waals surface area contributed by atoms with E-state index in [9.17, 15) is 4.39 Å². The fourth-order valence-corrected chi connectivity index (χ4v) is 2.54. The zero-order chi connectivity index (χ0) is 13.0. The molecule has 0 radical (unpaired) electrons. The molecule has 0 atom stereocenters. The van der Waals surface area contributed by atoms with Crippen LogP contribution in [0.1, 0.15) is 38.2 Å². The Morgan fingerprint density at radius 1 is 1.28 bits per heavy atom. The van der Waals surface area contributed by atoms with Gasteiger partial charge in [0.25, 0.3) is 0 Å². The molecule has 1 aromatic carbocycles. The predicted molar refractivity (Wildman–Crippen MR) is 71.2 cm³/mol. The third-order valence-corrected chi connectivity index (χ3v) is 3.69. The molecular weight excluding hydrogens is 229 g/mol. The summed E-state index contributed by atoms with van der Waals surface area (Å²) in [4.78, 5) is 0. The molecule has 1 aliphatic rings. The van der Waals surface area contributed by atoms with Gasteiger partial charge in [-0.15, -0.1) is 0 Å². The first-order chi connectivity index (χ1) is 8.69. The molecule has 0 unspecified atom stereocenters. The van der Waals surface area contributed by atoms with Crippen molar-refractivity contribution in [1.29, 1.82) is 0 Å². The van der Waals surface area contributed by atoms with Crippen molar-refractivity contribution in [2.45, 2.75) is 45.1 Å². The van der Waals surface area contributed by atoms with Gasteiger partial charge in [-0.3, -0.25) is 0 Å². The molecule has 0 aliphatic heterocycles. The maximum atomic E-state index is 13.2. The largest absolute Gasteiger partial charge is 0.490 e. The highest BCUT2D eigenvalue weighted by molar-refractivity contribution is 5.34. The van der Waals surface area contributed by atoms with Gasteiger partial charge in [0.2, 0.25) is 0 Å². The molecule has 2 N–H and O–H groups in total. The lowest BCUT2D eigenvalue weighted by Crippen LogP contribution is -2.23. The van der Waals surface area contributed by atoms with E-state index in [0.29, 0.717) is 13.0 Å². The number of hydrogen-bond acceptors (Lipinski definition) is 2. The molecule has 1 fully saturated rings. The summed E-state index contributed by atoms with van der Waals surface area (Å²) >= 11 is 0. The molecule has 0 saturated heterocycles. The van der Waals surface area contributed by atoms with Crippen LogP contribution in [0, 0.1) is 11.7 Å². The Kier molecular flexibility index (Phi) is 4.59. The van der Waals surface area contributed by atoms with Crippen LogP contribution in [0.5, 0.6) is 5.75 Å². The van der Waals surface area contributed by atoms with Crippen molar-refractivity contribution in [1.82, 2.24) is 0 Å². The van der Waals surface area contributed by atoms with Crippen molar-refractivity contribution in [3.05, 3.63) is 29.6 Å². The Hall–Kier alpha value is -1.09. The molecule has 18 heavy (non-hydrogen) atoms. The molecule has 1 aliphatic carbocycles. The van der Waals surface area contributed by atoms with Gasteiger partial charge in [-0.05, 0) is 68.3 Å². The maximum absolute atomic E-state index is 13.2. The molecule has 0 heterocycles. The summed E-state index contributed by atoms with van der Waals surface area (Å²) in [5.41, 5.74) is 6.44. The minimum absolute atomic E-state index is 0.219. The normalized spacial score (nSPS) is 23.9. The van der Waals surface area contributed by atoms with Crippen LogP contribution in [0.2, 0.25) is 0 Å². The lowest BCUT2D eigenvalue weighted by atomic mass is 9.89. The molecule has 100 valence electrons. The summed E-state index contributed by atoms with van der Waals surface area (Å²) in [5, 5.41) is 0. The summed E-state index contributed by atoms with van der Waals surface area (Å²) in [6.07, 6.45) is 5.58. The summed E-state index contributed by atoms with van der Waals surface area (Å²) < 4.78 is 19.2. The van der Waals surface area contributed by atoms with Crippen molar-refractivity contribution in [2.75, 3.05) is 6.54 Å². The number of rotatable bonds is 4. The predicted octanol–water partition coefficient (Wildman–Crippen LogP) is 3.28. The Labute approximate surface area is 108 Å². The summed E-state index contributed by atoms with van der Waals surface area (Å²) in [7, 11) is 0. The first-order valence-corrected chi connectivity index (χ1v) is 6.84. The lowest BCUT2D eigenvalue weighted by Gasteiger charge is -2.27. The van der Waals surface area contributed by atoms with Gasteiger partial charge in [0.05, 0.1) is 6.10 Å². The van der Waals surface area contributed by atoms with Crippen LogP contribution in [-0.4, -0.2) is 12.6 Å². The van der Waals surface area contributed by atoms with E-state index in [1.54, 1.807) is 6.07 Å². The molecule has 0 spiro atoms. The van der Waals surface area contributed by atoms with Gasteiger partial charge < -0.3 is 10.5 Å². The SMILES string of the molecule is CC1CCC(Oc2ccc(F)cc2CCN)CC1. The second-order valence-electron chi connectivity index (χ2n) is 5.29. The fourth-order valence-electron chi connectivity index (χ4n) is 2.54. The van der Waals surface area contributed by atoms with E-state index in [-0.39, 0.29) is 11.9 Å². The molecule has 0 amide bonds. The van der Waals surface area contributed by atoms with Crippen molar-refractivity contribution in [2.24, 2.45) is 11.7 Å². The van der Waals surface area contributed by atoms with Crippen LogP contribution in [0.3, 0.4) is 0 Å². The highest BCUT2D eigenvalue weighted by Gasteiger charge is 2.20. The first-order valence-electron chi connectivity index (χ1n) is 6.84. The third kappa shape index (κ3) is 3.45. The van der Waals surface area contributed by atoms with Crippen molar-refractivity contribution in [3.8, 4) is 5.75 Å². The molecular formula is C15H22FNO. The smallest absolute Gasteiger partial charge is 0.123 e. The minimum atomic E-state index is -0.219. The van der Waals surface area contributed by atoms with E-state index in [2.05, 4.69) is 6.92 Å². The van der Waals surface area contributed by atoms with Crippen LogP contribution in [-0.2, 0) is 6.42 Å². The van der Waals surface area contributed by atoms with Gasteiger partial charge in [0.1, 0.15) is 11.6 Å². The number of benzene rings is 1. The standard InChI is InChI=1S/C15H22FNO/c1-11-2-5-14(6-3-11)18-15-7-4-13(16)10-12(15)8-9-17/h4,7,10-11,14H,2-3,5-6,8-9,17H2,1H3. The van der Waals surface area contributed by atoms with Gasteiger partial charge in [0.15, 0.2) is 0 Å². The second kappa shape index (κ2) is 6.19. The number of nitrogens with two attached hydrogens (primary N) is 1. The lowest BCUT2D eigenvalue weighted by molar-refractivity contribution is 0.134. The number of halogens is 1. The molecule has 2 rings (SSSR count). The van der Waals surface area contributed by atoms with Gasteiger partial charge in [-0.1, -0.05) is 6.92 Å². The first kappa shape index (κ1) is 13.3. The van der Waals surface area contributed by atoms with E-state index >= 15 is 0 Å². The Morgan fingerprint density at radius 3 is 2.67 bits per heavy atom. The van der Waals surface area contributed by atoms with Gasteiger partial charge in [-0.25, -0.2) is 4.39 Å². The van der Waals surface area contributed by atoms with Crippen molar-refractivity contribution in [3.63, 3.8) is 0 Å². The minimum Gasteiger partial charge on any atom is -0.490 e. The molecule has 0 aromatic heterocycles. The average molecular weight is 251 g/mol. The Morgan fingerprint density at radius 2 is 2.00 bits per heavy atom. The molecule has 2 nitrogen and oxygen atoms in total. The van der Waals surface area contributed by atoms with Crippen LogP contribution >= 0.6 is 0 Å². The van der Waals surface area contributed by atoms with E-state index < -0.39 is 0 Å². The zero-order valence-corrected chi connectivity index (χ0v) is 11.0. The molecule has 1 aromatic rings. The van der Waals surface area contributed by atoms with Crippen molar-refractivity contribution >= 4 is 0 Å². The van der Waals surface area contributed by atoms with E-state index in [0.717, 1.165) is 30.1 Å². The maximum Gasteiger partial charge on any atom is 0.123 e. The van der Waals surface area contributed by atoms with Gasteiger partial charge in [-0.2, -0.15) is 0 Å². The molecule has 0 bridgehead atoms. The average Bonchev–Trinajstić information content (AvgIpc) is 2.36. The zero-order valence-electron chi connectivity index (χ0n) is 11.0. The fraction of sp³-hybridized carbons (Fsp3) is 0.600. The highest BCUT2D eigenvalue weighted by atomic mass is 19.1. The van der Waals surface area contributed by atoms with Crippen LogP contribution in [0.15, 0.2) is 18.2 Å². The topological polar surface area (TPSA) is 35.2 Å². The van der Waals surface area contributed by atoms with Gasteiger partial charge in [0, 0.05) is 0 Å². The van der Waals surface area contributed by atoms with E-state index in [1.165, 1.54) is 25.0 Å². The summed E-state index contributed by atoms with van der Waals surface area (Å²) in [5.74, 6) is 1.39. The monoisotopic (exact) mass is 251 g/mol. The van der Waals surface area contributed by atoms with E-state index in [4.69, 9.17) is 10.5 Å². The van der Waals surface area contributed by atoms with Crippen LogP contribution in [0.4, 0.5) is 4.39 Å². The van der Waals surface area contributed by atoms with Crippen LogP contribution < -0.4 is 10.5 Å². The molecule has 1 saturated carbocycles. The number of hydrogen-bond donors (Lipinski definition) is 1. The Bertz CT molecular complexity index is 386. The Balaban J connectivity index is 2.03. The quantitative estimate of drug-likeness (QED) is 0.891. The second-order valence-corrected chi connectivity index (χ2v) is 5.29. The summed E-state index contributed by atoms with van der Waals surface area (Å²) in [6.45, 7) is 2.80.